The quantitative estimate of drug-likeness (QED) is 0.379. The average molecular weight is 542 g/mol. The number of hydrogen-bond acceptors (Lipinski definition) is 5. The number of carbonyl (C=O) groups excluding carboxylic acids is 2. The number of nitrogens with zero attached hydrogens (tertiary/aromatic N) is 2. The maximum absolute atomic E-state index is 14.7. The molecule has 38 heavy (non-hydrogen) atoms. The summed E-state index contributed by atoms with van der Waals surface area (Å²) in [4.78, 5) is 28.4. The van der Waals surface area contributed by atoms with Crippen LogP contribution in [0, 0.1) is 5.82 Å². The van der Waals surface area contributed by atoms with Crippen molar-refractivity contribution in [3.05, 3.63) is 95.8 Å². The summed E-state index contributed by atoms with van der Waals surface area (Å²) in [6.07, 6.45) is 1.14. The second-order valence-corrected chi connectivity index (χ2v) is 10.6. The fourth-order valence-corrected chi connectivity index (χ4v) is 4.94. The summed E-state index contributed by atoms with van der Waals surface area (Å²) in [7, 11) is -2.54. The van der Waals surface area contributed by atoms with Crippen LogP contribution >= 0.6 is 0 Å². The van der Waals surface area contributed by atoms with E-state index < -0.39 is 40.2 Å². The number of benzene rings is 3. The smallest absolute Gasteiger partial charge is 0.244 e. The van der Waals surface area contributed by atoms with Gasteiger partial charge in [0.2, 0.25) is 21.8 Å². The van der Waals surface area contributed by atoms with Gasteiger partial charge in [-0.1, -0.05) is 60.7 Å². The van der Waals surface area contributed by atoms with E-state index in [2.05, 4.69) is 5.32 Å². The van der Waals surface area contributed by atoms with E-state index in [-0.39, 0.29) is 30.0 Å². The first-order chi connectivity index (χ1) is 18.2. The first-order valence-corrected chi connectivity index (χ1v) is 14.0. The highest BCUT2D eigenvalue weighted by Crippen LogP contribution is 2.30. The Labute approximate surface area is 223 Å². The van der Waals surface area contributed by atoms with Crippen molar-refractivity contribution in [2.45, 2.75) is 25.9 Å². The average Bonchev–Trinajstić information content (AvgIpc) is 2.90. The van der Waals surface area contributed by atoms with Crippen molar-refractivity contribution in [2.75, 3.05) is 30.8 Å². The Balaban J connectivity index is 2.07. The Morgan fingerprint density at radius 2 is 1.61 bits per heavy atom. The summed E-state index contributed by atoms with van der Waals surface area (Å²) in [6, 6.07) is 20.5. The lowest BCUT2D eigenvalue weighted by Gasteiger charge is -2.33. The van der Waals surface area contributed by atoms with Gasteiger partial charge in [0, 0.05) is 25.1 Å². The van der Waals surface area contributed by atoms with Gasteiger partial charge in [0.15, 0.2) is 0 Å². The second kappa shape index (κ2) is 13.0. The maximum atomic E-state index is 14.7. The van der Waals surface area contributed by atoms with E-state index in [4.69, 9.17) is 4.74 Å². The summed E-state index contributed by atoms with van der Waals surface area (Å²) in [5.74, 6) is -1.37. The SMILES string of the molecule is CCNC(=O)[C@@H](Cc1ccccc1)N(Cc1ccccc1F)C(=O)CN(c1ccccc1OC)S(C)(=O)=O. The molecule has 0 aliphatic heterocycles. The summed E-state index contributed by atoms with van der Waals surface area (Å²) < 4.78 is 46.6. The number of likely N-dealkylation sites (N-methyl/N-ethyl adjacent to an activating group) is 1. The predicted molar refractivity (Wildman–Crippen MR) is 145 cm³/mol. The molecule has 0 aliphatic carbocycles. The van der Waals surface area contributed by atoms with Crippen LogP contribution in [0.4, 0.5) is 10.1 Å². The zero-order chi connectivity index (χ0) is 27.7. The largest absolute Gasteiger partial charge is 0.495 e. The predicted octanol–water partition coefficient (Wildman–Crippen LogP) is 3.38. The van der Waals surface area contributed by atoms with Gasteiger partial charge in [0.05, 0.1) is 19.1 Å². The molecule has 0 saturated carbocycles. The third-order valence-corrected chi connectivity index (χ3v) is 7.08. The highest BCUT2D eigenvalue weighted by molar-refractivity contribution is 7.92. The van der Waals surface area contributed by atoms with Gasteiger partial charge in [0.1, 0.15) is 24.2 Å². The molecule has 8 nitrogen and oxygen atoms in total. The molecule has 0 heterocycles. The molecular weight excluding hydrogens is 509 g/mol. The van der Waals surface area contributed by atoms with Crippen LogP contribution in [0.25, 0.3) is 0 Å². The van der Waals surface area contributed by atoms with E-state index in [1.807, 2.05) is 30.3 Å². The number of hydrogen-bond donors (Lipinski definition) is 1. The highest BCUT2D eigenvalue weighted by atomic mass is 32.2. The van der Waals surface area contributed by atoms with Crippen LogP contribution in [0.2, 0.25) is 0 Å². The minimum absolute atomic E-state index is 0.153. The van der Waals surface area contributed by atoms with Crippen molar-refractivity contribution in [3.8, 4) is 5.75 Å². The van der Waals surface area contributed by atoms with Crippen molar-refractivity contribution in [3.63, 3.8) is 0 Å². The molecule has 0 spiro atoms. The topological polar surface area (TPSA) is 96.0 Å². The molecule has 1 atom stereocenters. The van der Waals surface area contributed by atoms with Gasteiger partial charge in [-0.2, -0.15) is 0 Å². The molecule has 3 rings (SSSR count). The molecule has 0 saturated heterocycles. The van der Waals surface area contributed by atoms with Gasteiger partial charge in [-0.15, -0.1) is 0 Å². The van der Waals surface area contributed by atoms with E-state index in [1.54, 1.807) is 31.2 Å². The second-order valence-electron chi connectivity index (χ2n) is 8.65. The number of para-hydroxylation sites is 2. The van der Waals surface area contributed by atoms with Gasteiger partial charge in [-0.05, 0) is 30.7 Å². The van der Waals surface area contributed by atoms with Crippen molar-refractivity contribution in [1.82, 2.24) is 10.2 Å². The Morgan fingerprint density at radius 1 is 0.974 bits per heavy atom. The van der Waals surface area contributed by atoms with Crippen molar-refractivity contribution in [1.29, 1.82) is 0 Å². The van der Waals surface area contributed by atoms with Crippen LogP contribution in [0.5, 0.6) is 5.75 Å². The van der Waals surface area contributed by atoms with E-state index in [0.717, 1.165) is 16.1 Å². The molecule has 0 radical (unpaired) electrons. The lowest BCUT2D eigenvalue weighted by Crippen LogP contribution is -2.53. The lowest BCUT2D eigenvalue weighted by molar-refractivity contribution is -0.140. The normalized spacial score (nSPS) is 11.9. The Bertz CT molecular complexity index is 1350. The Morgan fingerprint density at radius 3 is 2.24 bits per heavy atom. The number of halogens is 1. The number of rotatable bonds is 12. The zero-order valence-corrected chi connectivity index (χ0v) is 22.4. The molecule has 3 aromatic carbocycles. The van der Waals surface area contributed by atoms with E-state index in [9.17, 15) is 22.4 Å². The van der Waals surface area contributed by atoms with Gasteiger partial charge in [0.25, 0.3) is 0 Å². The number of sulfonamides is 1. The molecule has 202 valence electrons. The summed E-state index contributed by atoms with van der Waals surface area (Å²) >= 11 is 0. The van der Waals surface area contributed by atoms with Gasteiger partial charge in [-0.25, -0.2) is 12.8 Å². The number of carbonyl (C=O) groups is 2. The molecule has 0 aliphatic rings. The third kappa shape index (κ3) is 7.32. The number of amides is 2. The minimum atomic E-state index is -3.94. The monoisotopic (exact) mass is 541 g/mol. The fraction of sp³-hybridized carbons (Fsp3) is 0.286. The molecule has 0 fully saturated rings. The van der Waals surface area contributed by atoms with Crippen LogP contribution in [-0.2, 0) is 32.6 Å². The lowest BCUT2D eigenvalue weighted by atomic mass is 10.0. The highest BCUT2D eigenvalue weighted by Gasteiger charge is 2.33. The molecule has 1 N–H and O–H groups in total. The van der Waals surface area contributed by atoms with E-state index in [0.29, 0.717) is 6.54 Å². The molecule has 0 unspecified atom stereocenters. The maximum Gasteiger partial charge on any atom is 0.244 e. The van der Waals surface area contributed by atoms with E-state index >= 15 is 0 Å². The molecular formula is C28H32FN3O5S. The molecule has 3 aromatic rings. The Kier molecular flexibility index (Phi) is 9.84. The van der Waals surface area contributed by atoms with Crippen LogP contribution < -0.4 is 14.4 Å². The summed E-state index contributed by atoms with van der Waals surface area (Å²) in [6.45, 7) is 1.23. The first-order valence-electron chi connectivity index (χ1n) is 12.1. The zero-order valence-electron chi connectivity index (χ0n) is 21.6. The standard InChI is InChI=1S/C28H32FN3O5S/c1-4-30-28(34)25(18-21-12-6-5-7-13-21)31(19-22-14-8-9-15-23(22)29)27(33)20-32(38(3,35)36)24-16-10-11-17-26(24)37-2/h5-17,25H,4,18-20H2,1-3H3,(H,30,34)/t25-/m1/s1. The van der Waals surface area contributed by atoms with Crippen LogP contribution in [-0.4, -0.2) is 57.6 Å². The molecule has 0 aromatic heterocycles. The Hall–Kier alpha value is -3.92. The third-order valence-electron chi connectivity index (χ3n) is 5.95. The minimum Gasteiger partial charge on any atom is -0.495 e. The van der Waals surface area contributed by atoms with Gasteiger partial charge < -0.3 is 15.0 Å². The van der Waals surface area contributed by atoms with Crippen LogP contribution in [0.15, 0.2) is 78.9 Å². The summed E-state index contributed by atoms with van der Waals surface area (Å²) in [5.41, 5.74) is 1.17. The number of anilines is 1. The summed E-state index contributed by atoms with van der Waals surface area (Å²) in [5, 5.41) is 2.76. The molecule has 10 heteroatoms. The van der Waals surface area contributed by atoms with Gasteiger partial charge >= 0.3 is 0 Å². The van der Waals surface area contributed by atoms with E-state index in [1.165, 1.54) is 36.3 Å². The number of methoxy groups -OCH3 is 1. The van der Waals surface area contributed by atoms with Crippen molar-refractivity contribution in [2.24, 2.45) is 0 Å². The molecule has 0 bridgehead atoms. The fourth-order valence-electron chi connectivity index (χ4n) is 4.09. The van der Waals surface area contributed by atoms with Crippen molar-refractivity contribution < 1.29 is 27.1 Å². The first kappa shape index (κ1) is 28.6. The van der Waals surface area contributed by atoms with Crippen LogP contribution in [0.3, 0.4) is 0 Å². The number of nitrogens with one attached hydrogen (secondary N) is 1. The molecule has 2 amide bonds. The van der Waals surface area contributed by atoms with Crippen LogP contribution in [0.1, 0.15) is 18.1 Å². The van der Waals surface area contributed by atoms with Crippen molar-refractivity contribution >= 4 is 27.5 Å². The van der Waals surface area contributed by atoms with Gasteiger partial charge in [-0.3, -0.25) is 13.9 Å². The number of ether oxygens (including phenoxy) is 1.